The largest absolute Gasteiger partial charge is 0.309 e. The highest BCUT2D eigenvalue weighted by Crippen LogP contribution is 2.31. The maximum absolute atomic E-state index is 14.0. The summed E-state index contributed by atoms with van der Waals surface area (Å²) >= 11 is 1.32. The van der Waals surface area contributed by atoms with Crippen LogP contribution in [0.2, 0.25) is 0 Å². The first-order valence-corrected chi connectivity index (χ1v) is 9.20. The standard InChI is InChI=1S/C18H22FN5OS/c1-12-11-14(21-23(12)4)17(25)24(10-6-9-22(2)3)18-20-16-13(19)7-5-8-15(16)26-18/h5,7-8,11H,6,9-10H2,1-4H3. The van der Waals surface area contributed by atoms with Crippen LogP contribution in [0.3, 0.4) is 0 Å². The third-order valence-corrected chi connectivity index (χ3v) is 5.20. The van der Waals surface area contributed by atoms with Crippen molar-refractivity contribution in [1.29, 1.82) is 0 Å². The van der Waals surface area contributed by atoms with Gasteiger partial charge in [0.05, 0.1) is 4.70 Å². The molecule has 0 unspecified atom stereocenters. The molecule has 1 amide bonds. The SMILES string of the molecule is Cc1cc(C(=O)N(CCCN(C)C)c2nc3c(F)cccc3s2)nn1C. The first kappa shape index (κ1) is 18.5. The number of rotatable bonds is 6. The van der Waals surface area contributed by atoms with E-state index < -0.39 is 0 Å². The van der Waals surface area contributed by atoms with Crippen molar-refractivity contribution in [2.75, 3.05) is 32.1 Å². The average Bonchev–Trinajstić information content (AvgIpc) is 3.16. The summed E-state index contributed by atoms with van der Waals surface area (Å²) in [4.78, 5) is 21.1. The van der Waals surface area contributed by atoms with Crippen LogP contribution >= 0.6 is 11.3 Å². The summed E-state index contributed by atoms with van der Waals surface area (Å²) in [6, 6.07) is 6.61. The number of halogens is 1. The molecule has 0 aliphatic rings. The second-order valence-electron chi connectivity index (χ2n) is 6.49. The molecular weight excluding hydrogens is 353 g/mol. The third-order valence-electron chi connectivity index (χ3n) is 4.15. The molecule has 138 valence electrons. The highest BCUT2D eigenvalue weighted by Gasteiger charge is 2.24. The number of para-hydroxylation sites is 1. The van der Waals surface area contributed by atoms with E-state index in [2.05, 4.69) is 15.0 Å². The quantitative estimate of drug-likeness (QED) is 0.664. The normalized spacial score (nSPS) is 11.5. The third kappa shape index (κ3) is 3.76. The Morgan fingerprint density at radius 2 is 2.08 bits per heavy atom. The highest BCUT2D eigenvalue weighted by molar-refractivity contribution is 7.22. The van der Waals surface area contributed by atoms with Gasteiger partial charge in [-0.3, -0.25) is 14.4 Å². The predicted octanol–water partition coefficient (Wildman–Crippen LogP) is 3.08. The number of fused-ring (bicyclic) bond motifs is 1. The van der Waals surface area contributed by atoms with E-state index in [0.717, 1.165) is 23.4 Å². The minimum absolute atomic E-state index is 0.216. The second-order valence-corrected chi connectivity index (χ2v) is 7.50. The molecule has 0 atom stereocenters. The Bertz CT molecular complexity index is 913. The molecule has 1 aromatic carbocycles. The molecule has 0 aliphatic carbocycles. The van der Waals surface area contributed by atoms with Gasteiger partial charge in [0.15, 0.2) is 10.8 Å². The Hall–Kier alpha value is -2.32. The predicted molar refractivity (Wildman–Crippen MR) is 102 cm³/mol. The Labute approximate surface area is 155 Å². The molecule has 6 nitrogen and oxygen atoms in total. The topological polar surface area (TPSA) is 54.3 Å². The fourth-order valence-electron chi connectivity index (χ4n) is 2.65. The van der Waals surface area contributed by atoms with Gasteiger partial charge in [0.1, 0.15) is 11.3 Å². The Kier molecular flexibility index (Phi) is 5.33. The van der Waals surface area contributed by atoms with Crippen molar-refractivity contribution in [2.45, 2.75) is 13.3 Å². The number of nitrogens with zero attached hydrogens (tertiary/aromatic N) is 5. The Balaban J connectivity index is 1.95. The summed E-state index contributed by atoms with van der Waals surface area (Å²) in [6.45, 7) is 3.23. The monoisotopic (exact) mass is 375 g/mol. The number of aryl methyl sites for hydroxylation is 2. The van der Waals surface area contributed by atoms with E-state index in [4.69, 9.17) is 0 Å². The highest BCUT2D eigenvalue weighted by atomic mass is 32.1. The first-order valence-electron chi connectivity index (χ1n) is 8.39. The summed E-state index contributed by atoms with van der Waals surface area (Å²) in [6.07, 6.45) is 0.781. The zero-order valence-electron chi connectivity index (χ0n) is 15.4. The molecule has 0 spiro atoms. The van der Waals surface area contributed by atoms with E-state index in [1.165, 1.54) is 17.4 Å². The number of anilines is 1. The Morgan fingerprint density at radius 3 is 2.69 bits per heavy atom. The number of thiazole rings is 1. The average molecular weight is 375 g/mol. The Morgan fingerprint density at radius 1 is 1.31 bits per heavy atom. The van der Waals surface area contributed by atoms with Gasteiger partial charge in [-0.15, -0.1) is 0 Å². The summed E-state index contributed by atoms with van der Waals surface area (Å²) in [5.41, 5.74) is 1.57. The first-order chi connectivity index (χ1) is 12.4. The number of hydrogen-bond acceptors (Lipinski definition) is 5. The lowest BCUT2D eigenvalue weighted by Crippen LogP contribution is -2.33. The number of benzene rings is 1. The molecule has 0 fully saturated rings. The van der Waals surface area contributed by atoms with Gasteiger partial charge in [0.2, 0.25) is 0 Å². The maximum atomic E-state index is 14.0. The van der Waals surface area contributed by atoms with E-state index >= 15 is 0 Å². The van der Waals surface area contributed by atoms with Crippen LogP contribution in [0, 0.1) is 12.7 Å². The van der Waals surface area contributed by atoms with Crippen LogP contribution in [-0.2, 0) is 7.05 Å². The summed E-state index contributed by atoms with van der Waals surface area (Å²) < 4.78 is 16.4. The van der Waals surface area contributed by atoms with Crippen molar-refractivity contribution in [1.82, 2.24) is 19.7 Å². The van der Waals surface area contributed by atoms with Crippen molar-refractivity contribution in [3.05, 3.63) is 41.5 Å². The van der Waals surface area contributed by atoms with E-state index in [0.29, 0.717) is 22.9 Å². The zero-order chi connectivity index (χ0) is 18.8. The van der Waals surface area contributed by atoms with Gasteiger partial charge in [0.25, 0.3) is 5.91 Å². The molecule has 2 heterocycles. The van der Waals surface area contributed by atoms with Crippen molar-refractivity contribution < 1.29 is 9.18 Å². The van der Waals surface area contributed by atoms with Gasteiger partial charge in [-0.25, -0.2) is 9.37 Å². The molecule has 0 radical (unpaired) electrons. The van der Waals surface area contributed by atoms with Gasteiger partial charge < -0.3 is 4.90 Å². The number of carbonyl (C=O) groups is 1. The summed E-state index contributed by atoms with van der Waals surface area (Å²) in [7, 11) is 5.78. The van der Waals surface area contributed by atoms with E-state index in [-0.39, 0.29) is 11.7 Å². The van der Waals surface area contributed by atoms with E-state index in [9.17, 15) is 9.18 Å². The molecule has 26 heavy (non-hydrogen) atoms. The van der Waals surface area contributed by atoms with Crippen molar-refractivity contribution in [2.24, 2.45) is 7.05 Å². The van der Waals surface area contributed by atoms with Gasteiger partial charge in [-0.05, 0) is 52.2 Å². The van der Waals surface area contributed by atoms with Gasteiger partial charge in [0, 0.05) is 19.3 Å². The smallest absolute Gasteiger partial charge is 0.280 e. The molecule has 8 heteroatoms. The van der Waals surface area contributed by atoms with Crippen LogP contribution in [0.5, 0.6) is 0 Å². The molecule has 0 bridgehead atoms. The second kappa shape index (κ2) is 7.51. The molecule has 2 aromatic heterocycles. The van der Waals surface area contributed by atoms with Crippen molar-refractivity contribution in [3.8, 4) is 0 Å². The minimum atomic E-state index is -0.376. The van der Waals surface area contributed by atoms with Crippen LogP contribution in [-0.4, -0.2) is 52.8 Å². The zero-order valence-corrected chi connectivity index (χ0v) is 16.2. The van der Waals surface area contributed by atoms with Crippen LogP contribution in [0.15, 0.2) is 24.3 Å². The van der Waals surface area contributed by atoms with Gasteiger partial charge >= 0.3 is 0 Å². The lowest BCUT2D eigenvalue weighted by atomic mass is 10.3. The fraction of sp³-hybridized carbons (Fsp3) is 0.389. The number of hydrogen-bond donors (Lipinski definition) is 0. The van der Waals surface area contributed by atoms with Gasteiger partial charge in [-0.1, -0.05) is 17.4 Å². The van der Waals surface area contributed by atoms with Crippen LogP contribution in [0.1, 0.15) is 22.6 Å². The van der Waals surface area contributed by atoms with Crippen LogP contribution < -0.4 is 4.90 Å². The van der Waals surface area contributed by atoms with Crippen LogP contribution in [0.25, 0.3) is 10.2 Å². The number of carbonyl (C=O) groups excluding carboxylic acids is 1. The van der Waals surface area contributed by atoms with E-state index in [1.54, 1.807) is 28.8 Å². The summed E-state index contributed by atoms with van der Waals surface area (Å²) in [5, 5.41) is 4.79. The van der Waals surface area contributed by atoms with Crippen LogP contribution in [0.4, 0.5) is 9.52 Å². The molecule has 0 saturated heterocycles. The molecule has 0 aliphatic heterocycles. The fourth-order valence-corrected chi connectivity index (χ4v) is 3.66. The molecular formula is C18H22FN5OS. The molecule has 0 N–H and O–H groups in total. The summed E-state index contributed by atoms with van der Waals surface area (Å²) in [5.74, 6) is -0.591. The van der Waals surface area contributed by atoms with E-state index in [1.807, 2.05) is 27.1 Å². The lowest BCUT2D eigenvalue weighted by Gasteiger charge is -2.20. The maximum Gasteiger partial charge on any atom is 0.280 e. The molecule has 3 aromatic rings. The van der Waals surface area contributed by atoms with Crippen molar-refractivity contribution in [3.63, 3.8) is 0 Å². The number of aromatic nitrogens is 3. The molecule has 0 saturated carbocycles. The van der Waals surface area contributed by atoms with Crippen molar-refractivity contribution >= 4 is 32.6 Å². The molecule has 3 rings (SSSR count). The number of amides is 1. The minimum Gasteiger partial charge on any atom is -0.309 e. The van der Waals surface area contributed by atoms with Gasteiger partial charge in [-0.2, -0.15) is 5.10 Å². The lowest BCUT2D eigenvalue weighted by molar-refractivity contribution is 0.0980.